The number of aromatic carboxylic acids is 1. The molecule has 1 aliphatic rings. The van der Waals surface area contributed by atoms with Gasteiger partial charge in [0.2, 0.25) is 0 Å². The average Bonchev–Trinajstić information content (AvgIpc) is 2.33. The summed E-state index contributed by atoms with van der Waals surface area (Å²) in [6, 6.07) is 3.27. The molecule has 7 heteroatoms. The van der Waals surface area contributed by atoms with E-state index in [0.29, 0.717) is 29.8 Å². The Bertz CT molecular complexity index is 628. The molecule has 0 unspecified atom stereocenters. The van der Waals surface area contributed by atoms with Gasteiger partial charge in [0.15, 0.2) is 0 Å². The van der Waals surface area contributed by atoms with Crippen molar-refractivity contribution in [2.75, 3.05) is 18.0 Å². The Kier molecular flexibility index (Phi) is 3.30. The number of nitrogens with zero attached hydrogens (tertiary/aromatic N) is 3. The molecule has 1 fully saturated rings. The molecule has 0 amide bonds. The van der Waals surface area contributed by atoms with Gasteiger partial charge in [-0.1, -0.05) is 0 Å². The lowest BCUT2D eigenvalue weighted by Crippen LogP contribution is -2.48. The Morgan fingerprint density at radius 2 is 2.05 bits per heavy atom. The maximum atomic E-state index is 12.8. The van der Waals surface area contributed by atoms with E-state index in [0.717, 1.165) is 0 Å². The van der Waals surface area contributed by atoms with Gasteiger partial charge in [0, 0.05) is 23.8 Å². The van der Waals surface area contributed by atoms with Crippen molar-refractivity contribution in [2.24, 2.45) is 0 Å². The third-order valence-corrected chi connectivity index (χ3v) is 2.96. The highest BCUT2D eigenvalue weighted by atomic mass is 19.1. The molecule has 100 valence electrons. The molecule has 2 aromatic rings. The van der Waals surface area contributed by atoms with E-state index in [1.807, 2.05) is 4.90 Å². The number of carboxylic acids is 1. The number of pyridine rings is 2. The Morgan fingerprint density at radius 3 is 2.68 bits per heavy atom. The van der Waals surface area contributed by atoms with Crippen LogP contribution in [0.25, 0.3) is 10.9 Å². The summed E-state index contributed by atoms with van der Waals surface area (Å²) in [6.45, 7) is 0.706. The second-order valence-electron chi connectivity index (χ2n) is 4.27. The Labute approximate surface area is 108 Å². The van der Waals surface area contributed by atoms with Crippen LogP contribution in [0.3, 0.4) is 0 Å². The first-order valence-corrected chi connectivity index (χ1v) is 5.51. The van der Waals surface area contributed by atoms with Gasteiger partial charge in [0.1, 0.15) is 12.0 Å². The zero-order chi connectivity index (χ0) is 12.7. The number of hydrogen-bond donors (Lipinski definition) is 2. The lowest BCUT2D eigenvalue weighted by atomic mass is 10.1. The molecule has 0 saturated carbocycles. The highest BCUT2D eigenvalue weighted by Gasteiger charge is 2.27. The van der Waals surface area contributed by atoms with Crippen LogP contribution < -0.4 is 11.1 Å². The summed E-state index contributed by atoms with van der Waals surface area (Å²) in [6.07, 6.45) is 2.09. The lowest BCUT2D eigenvalue weighted by molar-refractivity contribution is 0.0696. The zero-order valence-corrected chi connectivity index (χ0v) is 10.1. The number of aromatic nitrogens is 2. The van der Waals surface area contributed by atoms with Crippen molar-refractivity contribution in [3.8, 4) is 0 Å². The number of alkyl halides is 1. The van der Waals surface area contributed by atoms with Crippen molar-refractivity contribution in [3.05, 3.63) is 30.1 Å². The quantitative estimate of drug-likeness (QED) is 0.855. The second-order valence-corrected chi connectivity index (χ2v) is 4.27. The van der Waals surface area contributed by atoms with Crippen LogP contribution in [0.5, 0.6) is 0 Å². The summed E-state index contributed by atoms with van der Waals surface area (Å²) < 4.78 is 12.8. The minimum atomic E-state index is -1.02. The number of hydrogen-bond acceptors (Lipinski definition) is 5. The molecule has 4 N–H and O–H groups in total. The lowest BCUT2D eigenvalue weighted by Gasteiger charge is -2.35. The van der Waals surface area contributed by atoms with Crippen LogP contribution >= 0.6 is 0 Å². The standard InChI is InChI=1S/C12H10FN3O2.H3N/c13-9-5-16(6-9)11-2-10-7(3-15-11)1-8(4-14-10)12(17)18;/h1-4,9H,5-6H2,(H,17,18);1H3. The molecule has 0 atom stereocenters. The van der Waals surface area contributed by atoms with Gasteiger partial charge in [-0.2, -0.15) is 0 Å². The first-order valence-electron chi connectivity index (χ1n) is 5.51. The molecule has 1 saturated heterocycles. The smallest absolute Gasteiger partial charge is 0.337 e. The maximum absolute atomic E-state index is 12.8. The minimum absolute atomic E-state index is 0. The predicted molar refractivity (Wildman–Crippen MR) is 68.6 cm³/mol. The molecule has 0 aliphatic carbocycles. The van der Waals surface area contributed by atoms with Gasteiger partial charge in [-0.25, -0.2) is 14.2 Å². The van der Waals surface area contributed by atoms with Crippen molar-refractivity contribution in [3.63, 3.8) is 0 Å². The van der Waals surface area contributed by atoms with Crippen molar-refractivity contribution in [1.82, 2.24) is 16.1 Å². The Hall–Kier alpha value is -2.28. The summed E-state index contributed by atoms with van der Waals surface area (Å²) in [5.41, 5.74) is 0.789. The number of carboxylic acid groups (broad SMARTS) is 1. The van der Waals surface area contributed by atoms with Gasteiger partial charge < -0.3 is 16.2 Å². The van der Waals surface area contributed by atoms with E-state index in [9.17, 15) is 9.18 Å². The number of halogens is 1. The van der Waals surface area contributed by atoms with E-state index in [4.69, 9.17) is 5.11 Å². The van der Waals surface area contributed by atoms with Gasteiger partial charge in [-0.3, -0.25) is 4.98 Å². The molecule has 3 rings (SSSR count). The average molecular weight is 264 g/mol. The number of anilines is 1. The third-order valence-electron chi connectivity index (χ3n) is 2.96. The number of carbonyl (C=O) groups is 1. The first-order chi connectivity index (χ1) is 8.63. The van der Waals surface area contributed by atoms with Gasteiger partial charge in [0.25, 0.3) is 0 Å². The summed E-state index contributed by atoms with van der Waals surface area (Å²) in [5, 5.41) is 9.52. The minimum Gasteiger partial charge on any atom is -0.478 e. The highest BCUT2D eigenvalue weighted by Crippen LogP contribution is 2.23. The van der Waals surface area contributed by atoms with Crippen LogP contribution in [0.1, 0.15) is 10.4 Å². The molecule has 3 heterocycles. The summed E-state index contributed by atoms with van der Waals surface area (Å²) in [4.78, 5) is 20.9. The monoisotopic (exact) mass is 264 g/mol. The van der Waals surface area contributed by atoms with E-state index < -0.39 is 12.1 Å². The molecule has 19 heavy (non-hydrogen) atoms. The maximum Gasteiger partial charge on any atom is 0.337 e. The highest BCUT2D eigenvalue weighted by molar-refractivity contribution is 5.92. The number of fused-ring (bicyclic) bond motifs is 1. The summed E-state index contributed by atoms with van der Waals surface area (Å²) in [7, 11) is 0. The fraction of sp³-hybridized carbons (Fsp3) is 0.250. The molecular weight excluding hydrogens is 251 g/mol. The predicted octanol–water partition coefficient (Wildman–Crippen LogP) is 1.65. The van der Waals surface area contributed by atoms with Gasteiger partial charge in [-0.15, -0.1) is 0 Å². The molecule has 0 radical (unpaired) electrons. The van der Waals surface area contributed by atoms with Gasteiger partial charge in [0.05, 0.1) is 24.2 Å². The molecule has 6 nitrogen and oxygen atoms in total. The molecule has 2 aromatic heterocycles. The van der Waals surface area contributed by atoms with E-state index in [1.165, 1.54) is 12.3 Å². The van der Waals surface area contributed by atoms with Gasteiger partial charge >= 0.3 is 5.97 Å². The molecular formula is C12H13FN4O2. The SMILES string of the molecule is N.O=C(O)c1cnc2cc(N3CC(F)C3)ncc2c1. The van der Waals surface area contributed by atoms with E-state index in [2.05, 4.69) is 9.97 Å². The van der Waals surface area contributed by atoms with Gasteiger partial charge in [-0.05, 0) is 6.07 Å². The van der Waals surface area contributed by atoms with Crippen molar-refractivity contribution >= 4 is 22.7 Å². The Balaban J connectivity index is 0.00000133. The van der Waals surface area contributed by atoms with Crippen LogP contribution in [-0.4, -0.2) is 40.3 Å². The third kappa shape index (κ3) is 2.32. The molecule has 1 aliphatic heterocycles. The summed E-state index contributed by atoms with van der Waals surface area (Å²) >= 11 is 0. The van der Waals surface area contributed by atoms with Crippen LogP contribution in [0, 0.1) is 0 Å². The normalized spacial score (nSPS) is 14.9. The largest absolute Gasteiger partial charge is 0.478 e. The molecule has 0 spiro atoms. The van der Waals surface area contributed by atoms with Crippen molar-refractivity contribution in [2.45, 2.75) is 6.17 Å². The topological polar surface area (TPSA) is 101 Å². The van der Waals surface area contributed by atoms with E-state index in [1.54, 1.807) is 12.3 Å². The Morgan fingerprint density at radius 1 is 1.32 bits per heavy atom. The van der Waals surface area contributed by atoms with Crippen LogP contribution in [0.4, 0.5) is 10.2 Å². The second kappa shape index (κ2) is 4.77. The van der Waals surface area contributed by atoms with Crippen LogP contribution in [0.15, 0.2) is 24.5 Å². The number of rotatable bonds is 2. The van der Waals surface area contributed by atoms with Crippen molar-refractivity contribution < 1.29 is 14.3 Å². The van der Waals surface area contributed by atoms with E-state index in [-0.39, 0.29) is 11.7 Å². The summed E-state index contributed by atoms with van der Waals surface area (Å²) in [5.74, 6) is -0.344. The zero-order valence-electron chi connectivity index (χ0n) is 10.1. The fourth-order valence-corrected chi connectivity index (χ4v) is 1.91. The van der Waals surface area contributed by atoms with Crippen LogP contribution in [0.2, 0.25) is 0 Å². The first kappa shape index (κ1) is 13.2. The molecule has 0 bridgehead atoms. The van der Waals surface area contributed by atoms with Crippen LogP contribution in [-0.2, 0) is 0 Å². The van der Waals surface area contributed by atoms with Crippen molar-refractivity contribution in [1.29, 1.82) is 0 Å². The fourth-order valence-electron chi connectivity index (χ4n) is 1.91. The van der Waals surface area contributed by atoms with E-state index >= 15 is 0 Å². The molecule has 0 aromatic carbocycles.